The highest BCUT2D eigenvalue weighted by atomic mass is 16.5. The van der Waals surface area contributed by atoms with E-state index >= 15 is 0 Å². The number of nitrogens with one attached hydrogen (secondary N) is 2. The molecule has 0 heterocycles. The zero-order valence-electron chi connectivity index (χ0n) is 19.9. The second-order valence-corrected chi connectivity index (χ2v) is 9.61. The molecule has 7 nitrogen and oxygen atoms in total. The van der Waals surface area contributed by atoms with E-state index in [2.05, 4.69) is 22.8 Å². The summed E-state index contributed by atoms with van der Waals surface area (Å²) in [4.78, 5) is 37.2. The van der Waals surface area contributed by atoms with Crippen LogP contribution in [0.25, 0.3) is 11.1 Å². The number of rotatable bonds is 6. The Hall–Kier alpha value is -4.13. The van der Waals surface area contributed by atoms with Gasteiger partial charge in [0.15, 0.2) is 0 Å². The predicted molar refractivity (Wildman–Crippen MR) is 133 cm³/mol. The molecule has 0 saturated carbocycles. The third-order valence-corrected chi connectivity index (χ3v) is 6.14. The van der Waals surface area contributed by atoms with Gasteiger partial charge < -0.3 is 15.2 Å². The van der Waals surface area contributed by atoms with E-state index in [4.69, 9.17) is 4.74 Å². The summed E-state index contributed by atoms with van der Waals surface area (Å²) in [6.45, 7) is 5.33. The third-order valence-electron chi connectivity index (χ3n) is 6.14. The van der Waals surface area contributed by atoms with Gasteiger partial charge in [-0.05, 0) is 39.8 Å². The Bertz CT molecular complexity index is 1230. The molecular formula is C28H28N2O5. The van der Waals surface area contributed by atoms with Crippen LogP contribution < -0.4 is 10.6 Å². The highest BCUT2D eigenvalue weighted by molar-refractivity contribution is 6.04. The Labute approximate surface area is 204 Å². The van der Waals surface area contributed by atoms with E-state index in [1.165, 1.54) is 6.07 Å². The van der Waals surface area contributed by atoms with Gasteiger partial charge in [0.1, 0.15) is 12.6 Å². The number of hydrogen-bond donors (Lipinski definition) is 3. The molecule has 0 bridgehead atoms. The second kappa shape index (κ2) is 9.62. The molecule has 1 aliphatic rings. The van der Waals surface area contributed by atoms with Gasteiger partial charge in [-0.3, -0.25) is 10.1 Å². The van der Waals surface area contributed by atoms with E-state index in [0.717, 1.165) is 22.3 Å². The fraction of sp³-hybridized carbons (Fsp3) is 0.250. The third kappa shape index (κ3) is 5.04. The van der Waals surface area contributed by atoms with Crippen LogP contribution in [0.5, 0.6) is 0 Å². The molecule has 0 aromatic heterocycles. The summed E-state index contributed by atoms with van der Waals surface area (Å²) in [5.41, 5.74) is 4.15. The van der Waals surface area contributed by atoms with E-state index in [1.54, 1.807) is 39.0 Å². The largest absolute Gasteiger partial charge is 0.480 e. The average molecular weight is 473 g/mol. The van der Waals surface area contributed by atoms with Crippen LogP contribution in [0, 0.1) is 5.41 Å². The molecule has 3 aromatic carbocycles. The quantitative estimate of drug-likeness (QED) is 0.453. The lowest BCUT2D eigenvalue weighted by atomic mass is 9.86. The number of aliphatic carboxylic acids is 1. The van der Waals surface area contributed by atoms with Crippen molar-refractivity contribution in [2.24, 2.45) is 5.41 Å². The number of benzene rings is 3. The average Bonchev–Trinajstić information content (AvgIpc) is 3.14. The zero-order valence-corrected chi connectivity index (χ0v) is 19.9. The maximum atomic E-state index is 12.9. The second-order valence-electron chi connectivity index (χ2n) is 9.61. The van der Waals surface area contributed by atoms with Crippen LogP contribution >= 0.6 is 0 Å². The summed E-state index contributed by atoms with van der Waals surface area (Å²) in [6.07, 6.45) is -0.697. The number of carbonyl (C=O) groups excluding carboxylic acids is 2. The van der Waals surface area contributed by atoms with Gasteiger partial charge in [-0.25, -0.2) is 9.59 Å². The van der Waals surface area contributed by atoms with Crippen LogP contribution in [0.1, 0.15) is 48.2 Å². The Morgan fingerprint density at radius 3 is 2.00 bits per heavy atom. The first-order valence-electron chi connectivity index (χ1n) is 11.4. The van der Waals surface area contributed by atoms with Crippen molar-refractivity contribution in [2.75, 3.05) is 11.9 Å². The number of carboxylic acids is 1. The van der Waals surface area contributed by atoms with E-state index in [9.17, 15) is 19.5 Å². The molecule has 1 aliphatic carbocycles. The highest BCUT2D eigenvalue weighted by Gasteiger charge is 2.33. The lowest BCUT2D eigenvalue weighted by Gasteiger charge is -2.28. The molecule has 35 heavy (non-hydrogen) atoms. The number of fused-ring (bicyclic) bond motifs is 3. The first kappa shape index (κ1) is 24.0. The molecule has 0 aliphatic heterocycles. The monoisotopic (exact) mass is 472 g/mol. The minimum absolute atomic E-state index is 0.0881. The normalized spacial score (nSPS) is 13.3. The smallest absolute Gasteiger partial charge is 0.411 e. The first-order chi connectivity index (χ1) is 16.7. The molecule has 0 unspecified atom stereocenters. The van der Waals surface area contributed by atoms with Crippen molar-refractivity contribution in [2.45, 2.75) is 32.7 Å². The van der Waals surface area contributed by atoms with Crippen LogP contribution in [0.4, 0.5) is 10.5 Å². The molecule has 7 heteroatoms. The molecule has 2 amide bonds. The van der Waals surface area contributed by atoms with Crippen LogP contribution in [-0.4, -0.2) is 35.7 Å². The molecule has 3 aromatic rings. The predicted octanol–water partition coefficient (Wildman–Crippen LogP) is 5.28. The summed E-state index contributed by atoms with van der Waals surface area (Å²) in [6, 6.07) is 21.4. The minimum atomic E-state index is -1.13. The SMILES string of the molecule is CC(C)(C)[C@@H](NC(=O)c1ccccc1NC(=O)OCC1c2ccccc2-c2ccccc21)C(=O)O. The van der Waals surface area contributed by atoms with E-state index in [0.29, 0.717) is 0 Å². The van der Waals surface area contributed by atoms with Crippen molar-refractivity contribution < 1.29 is 24.2 Å². The van der Waals surface area contributed by atoms with Crippen LogP contribution in [0.2, 0.25) is 0 Å². The molecule has 0 fully saturated rings. The fourth-order valence-corrected chi connectivity index (χ4v) is 4.39. The number of amides is 2. The molecule has 4 rings (SSSR count). The zero-order chi connectivity index (χ0) is 25.2. The highest BCUT2D eigenvalue weighted by Crippen LogP contribution is 2.44. The van der Waals surface area contributed by atoms with Crippen molar-refractivity contribution in [3.8, 4) is 11.1 Å². The van der Waals surface area contributed by atoms with Crippen molar-refractivity contribution in [3.63, 3.8) is 0 Å². The van der Waals surface area contributed by atoms with Crippen molar-refractivity contribution in [1.29, 1.82) is 0 Å². The van der Waals surface area contributed by atoms with Crippen molar-refractivity contribution in [3.05, 3.63) is 89.5 Å². The van der Waals surface area contributed by atoms with E-state index in [-0.39, 0.29) is 23.8 Å². The first-order valence-corrected chi connectivity index (χ1v) is 11.4. The maximum absolute atomic E-state index is 12.9. The Kier molecular flexibility index (Phi) is 6.60. The number of anilines is 1. The molecule has 0 spiro atoms. The number of ether oxygens (including phenoxy) is 1. The van der Waals surface area contributed by atoms with Crippen LogP contribution in [-0.2, 0) is 9.53 Å². The summed E-state index contributed by atoms with van der Waals surface area (Å²) in [7, 11) is 0. The Balaban J connectivity index is 1.47. The topological polar surface area (TPSA) is 105 Å². The Morgan fingerprint density at radius 2 is 1.43 bits per heavy atom. The molecule has 180 valence electrons. The lowest BCUT2D eigenvalue weighted by molar-refractivity contribution is -0.142. The van der Waals surface area contributed by atoms with Gasteiger partial charge in [-0.2, -0.15) is 0 Å². The summed E-state index contributed by atoms with van der Waals surface area (Å²) < 4.78 is 5.58. The van der Waals surface area contributed by atoms with E-state index in [1.807, 2.05) is 36.4 Å². The van der Waals surface area contributed by atoms with Gasteiger partial charge in [-0.1, -0.05) is 81.4 Å². The molecular weight excluding hydrogens is 444 g/mol. The number of carbonyl (C=O) groups is 3. The molecule has 0 radical (unpaired) electrons. The lowest BCUT2D eigenvalue weighted by Crippen LogP contribution is -2.49. The number of para-hydroxylation sites is 1. The summed E-state index contributed by atoms with van der Waals surface area (Å²) >= 11 is 0. The van der Waals surface area contributed by atoms with Gasteiger partial charge in [0.2, 0.25) is 0 Å². The fourth-order valence-electron chi connectivity index (χ4n) is 4.39. The van der Waals surface area contributed by atoms with Crippen molar-refractivity contribution in [1.82, 2.24) is 5.32 Å². The van der Waals surface area contributed by atoms with Crippen molar-refractivity contribution >= 4 is 23.7 Å². The summed E-state index contributed by atoms with van der Waals surface area (Å²) in [5.74, 6) is -1.82. The molecule has 3 N–H and O–H groups in total. The van der Waals surface area contributed by atoms with Gasteiger partial charge in [0, 0.05) is 5.92 Å². The van der Waals surface area contributed by atoms with E-state index < -0.39 is 29.4 Å². The maximum Gasteiger partial charge on any atom is 0.411 e. The standard InChI is InChI=1S/C28H28N2O5/c1-28(2,3)24(26(32)33)30-25(31)21-14-8-9-15-23(21)29-27(34)35-16-22-19-12-6-4-10-17(19)18-11-5-7-13-20(18)22/h4-15,22,24H,16H2,1-3H3,(H,29,34)(H,30,31)(H,32,33)/t24-/m0/s1. The summed E-state index contributed by atoms with van der Waals surface area (Å²) in [5, 5.41) is 14.7. The van der Waals surface area contributed by atoms with Gasteiger partial charge >= 0.3 is 12.1 Å². The van der Waals surface area contributed by atoms with Gasteiger partial charge in [0.25, 0.3) is 5.91 Å². The Morgan fingerprint density at radius 1 is 0.886 bits per heavy atom. The van der Waals surface area contributed by atoms with Crippen LogP contribution in [0.3, 0.4) is 0 Å². The van der Waals surface area contributed by atoms with Crippen LogP contribution in [0.15, 0.2) is 72.8 Å². The molecule has 0 saturated heterocycles. The number of hydrogen-bond acceptors (Lipinski definition) is 4. The van der Waals surface area contributed by atoms with Gasteiger partial charge in [-0.15, -0.1) is 0 Å². The molecule has 1 atom stereocenters. The van der Waals surface area contributed by atoms with Gasteiger partial charge in [0.05, 0.1) is 11.3 Å². The number of carboxylic acid groups (broad SMARTS) is 1. The minimum Gasteiger partial charge on any atom is -0.480 e.